The minimum absolute atomic E-state index is 0.328. The van der Waals surface area contributed by atoms with Crippen LogP contribution in [0, 0.1) is 12.3 Å². The molecule has 16 heavy (non-hydrogen) atoms. The Morgan fingerprint density at radius 2 is 2.25 bits per heavy atom. The Morgan fingerprint density at radius 1 is 1.50 bits per heavy atom. The van der Waals surface area contributed by atoms with E-state index in [2.05, 4.69) is 31.3 Å². The lowest BCUT2D eigenvalue weighted by atomic mass is 10.0. The van der Waals surface area contributed by atoms with E-state index in [4.69, 9.17) is 5.11 Å². The van der Waals surface area contributed by atoms with E-state index in [1.807, 2.05) is 11.3 Å². The van der Waals surface area contributed by atoms with Crippen LogP contribution in [0.5, 0.6) is 0 Å². The van der Waals surface area contributed by atoms with Crippen molar-refractivity contribution in [3.8, 4) is 0 Å². The summed E-state index contributed by atoms with van der Waals surface area (Å²) in [7, 11) is 0. The Bertz CT molecular complexity index is 343. The molecule has 0 aromatic carbocycles. The number of aliphatic hydroxyl groups is 1. The molecule has 0 saturated heterocycles. The van der Waals surface area contributed by atoms with E-state index < -0.39 is 0 Å². The van der Waals surface area contributed by atoms with Crippen molar-refractivity contribution in [3.63, 3.8) is 0 Å². The lowest BCUT2D eigenvalue weighted by Crippen LogP contribution is -2.27. The Morgan fingerprint density at radius 3 is 2.75 bits per heavy atom. The molecule has 0 radical (unpaired) electrons. The van der Waals surface area contributed by atoms with Crippen LogP contribution in [0.2, 0.25) is 0 Å². The van der Waals surface area contributed by atoms with Gasteiger partial charge in [-0.05, 0) is 50.7 Å². The highest BCUT2D eigenvalue weighted by molar-refractivity contribution is 7.12. The van der Waals surface area contributed by atoms with Crippen molar-refractivity contribution in [1.82, 2.24) is 5.32 Å². The van der Waals surface area contributed by atoms with E-state index in [0.29, 0.717) is 18.1 Å². The zero-order chi connectivity index (χ0) is 11.6. The first-order valence-corrected chi connectivity index (χ1v) is 6.87. The van der Waals surface area contributed by atoms with Gasteiger partial charge in [-0.3, -0.25) is 0 Å². The Kier molecular flexibility index (Phi) is 3.67. The van der Waals surface area contributed by atoms with Gasteiger partial charge < -0.3 is 10.4 Å². The summed E-state index contributed by atoms with van der Waals surface area (Å²) in [4.78, 5) is 2.79. The van der Waals surface area contributed by atoms with Gasteiger partial charge in [0.2, 0.25) is 0 Å². The van der Waals surface area contributed by atoms with Crippen LogP contribution in [0.25, 0.3) is 0 Å². The first-order valence-electron chi connectivity index (χ1n) is 6.06. The van der Waals surface area contributed by atoms with Crippen LogP contribution in [0.4, 0.5) is 0 Å². The highest BCUT2D eigenvalue weighted by Crippen LogP contribution is 2.48. The number of aryl methyl sites for hydroxylation is 1. The minimum Gasteiger partial charge on any atom is -0.396 e. The van der Waals surface area contributed by atoms with Crippen LogP contribution in [0.1, 0.15) is 42.0 Å². The molecule has 0 bridgehead atoms. The number of aliphatic hydroxyl groups excluding tert-OH is 1. The number of hydrogen-bond acceptors (Lipinski definition) is 3. The zero-order valence-electron chi connectivity index (χ0n) is 10.1. The molecule has 2 N–H and O–H groups in total. The smallest absolute Gasteiger partial charge is 0.0436 e. The molecule has 1 fully saturated rings. The molecule has 2 nitrogen and oxygen atoms in total. The first kappa shape index (κ1) is 12.1. The minimum atomic E-state index is 0.328. The van der Waals surface area contributed by atoms with Crippen LogP contribution < -0.4 is 5.32 Å². The molecule has 1 aromatic rings. The van der Waals surface area contributed by atoms with Crippen LogP contribution in [-0.4, -0.2) is 18.3 Å². The fourth-order valence-electron chi connectivity index (χ4n) is 2.09. The second kappa shape index (κ2) is 4.86. The fraction of sp³-hybridized carbons (Fsp3) is 0.692. The Balaban J connectivity index is 1.82. The number of thiophene rings is 1. The highest BCUT2D eigenvalue weighted by Gasteiger charge is 2.41. The van der Waals surface area contributed by atoms with Crippen molar-refractivity contribution in [2.24, 2.45) is 5.41 Å². The van der Waals surface area contributed by atoms with E-state index in [9.17, 15) is 0 Å². The summed E-state index contributed by atoms with van der Waals surface area (Å²) < 4.78 is 0. The second-order valence-corrected chi connectivity index (χ2v) is 6.34. The average Bonchev–Trinajstić information content (AvgIpc) is 2.89. The molecule has 2 rings (SSSR count). The van der Waals surface area contributed by atoms with Crippen molar-refractivity contribution >= 4 is 11.3 Å². The summed E-state index contributed by atoms with van der Waals surface area (Å²) in [6.07, 6.45) is 3.50. The molecule has 1 aliphatic rings. The molecule has 3 heteroatoms. The van der Waals surface area contributed by atoms with Crippen molar-refractivity contribution in [1.29, 1.82) is 0 Å². The van der Waals surface area contributed by atoms with Gasteiger partial charge in [0.1, 0.15) is 0 Å². The van der Waals surface area contributed by atoms with E-state index >= 15 is 0 Å². The average molecular weight is 239 g/mol. The maximum Gasteiger partial charge on any atom is 0.0436 e. The molecule has 1 unspecified atom stereocenters. The van der Waals surface area contributed by atoms with E-state index in [1.165, 1.54) is 22.6 Å². The molecule has 0 aliphatic heterocycles. The van der Waals surface area contributed by atoms with Crippen LogP contribution >= 0.6 is 11.3 Å². The zero-order valence-corrected chi connectivity index (χ0v) is 10.9. The standard InChI is InChI=1S/C13H21NOS/c1-10-3-4-12(16-10)11(2)14-9-13(5-6-13)7-8-15/h3-4,11,14-15H,5-9H2,1-2H3. The Labute approximate surface area is 102 Å². The maximum atomic E-state index is 9.00. The first-order chi connectivity index (χ1) is 7.65. The third kappa shape index (κ3) is 2.84. The molecule has 1 atom stereocenters. The monoisotopic (exact) mass is 239 g/mol. The summed E-state index contributed by atoms with van der Waals surface area (Å²) in [6.45, 7) is 5.75. The Hall–Kier alpha value is -0.380. The topological polar surface area (TPSA) is 32.3 Å². The van der Waals surface area contributed by atoms with Crippen molar-refractivity contribution in [2.45, 2.75) is 39.2 Å². The molecule has 1 heterocycles. The summed E-state index contributed by atoms with van der Waals surface area (Å²) >= 11 is 1.87. The van der Waals surface area contributed by atoms with Crippen LogP contribution in [0.3, 0.4) is 0 Å². The number of hydrogen-bond donors (Lipinski definition) is 2. The van der Waals surface area contributed by atoms with E-state index in [1.54, 1.807) is 0 Å². The number of nitrogens with one attached hydrogen (secondary N) is 1. The lowest BCUT2D eigenvalue weighted by molar-refractivity contribution is 0.243. The van der Waals surface area contributed by atoms with Gasteiger partial charge in [0.05, 0.1) is 0 Å². The van der Waals surface area contributed by atoms with Gasteiger partial charge in [-0.25, -0.2) is 0 Å². The predicted octanol–water partition coefficient (Wildman–Crippen LogP) is 2.87. The van der Waals surface area contributed by atoms with Gasteiger partial charge in [0.15, 0.2) is 0 Å². The van der Waals surface area contributed by atoms with Crippen molar-refractivity contribution < 1.29 is 5.11 Å². The van der Waals surface area contributed by atoms with E-state index in [0.717, 1.165) is 13.0 Å². The largest absolute Gasteiger partial charge is 0.396 e. The molecule has 90 valence electrons. The molecular formula is C13H21NOS. The van der Waals surface area contributed by atoms with Gasteiger partial charge >= 0.3 is 0 Å². The molecular weight excluding hydrogens is 218 g/mol. The molecule has 1 aliphatic carbocycles. The summed E-state index contributed by atoms with van der Waals surface area (Å²) in [6, 6.07) is 4.83. The van der Waals surface area contributed by atoms with Crippen molar-refractivity contribution in [3.05, 3.63) is 21.9 Å². The lowest BCUT2D eigenvalue weighted by Gasteiger charge is -2.18. The van der Waals surface area contributed by atoms with Gasteiger partial charge in [0, 0.05) is 28.9 Å². The van der Waals surface area contributed by atoms with Gasteiger partial charge in [-0.15, -0.1) is 11.3 Å². The second-order valence-electron chi connectivity index (χ2n) is 5.02. The number of rotatable bonds is 6. The quantitative estimate of drug-likeness (QED) is 0.800. The molecule has 0 amide bonds. The third-order valence-corrected chi connectivity index (χ3v) is 4.75. The summed E-state index contributed by atoms with van der Waals surface area (Å²) in [5.41, 5.74) is 0.412. The molecule has 0 spiro atoms. The normalized spacial score (nSPS) is 19.7. The van der Waals surface area contributed by atoms with Crippen LogP contribution in [-0.2, 0) is 0 Å². The molecule has 1 aromatic heterocycles. The summed E-state index contributed by atoms with van der Waals surface area (Å²) in [5, 5.41) is 12.6. The SMILES string of the molecule is Cc1ccc(C(C)NCC2(CCO)CC2)s1. The van der Waals surface area contributed by atoms with E-state index in [-0.39, 0.29) is 0 Å². The highest BCUT2D eigenvalue weighted by atomic mass is 32.1. The fourth-order valence-corrected chi connectivity index (χ4v) is 2.99. The van der Waals surface area contributed by atoms with Crippen molar-refractivity contribution in [2.75, 3.05) is 13.2 Å². The predicted molar refractivity (Wildman–Crippen MR) is 68.8 cm³/mol. The third-order valence-electron chi connectivity index (χ3n) is 3.57. The van der Waals surface area contributed by atoms with Gasteiger partial charge in [-0.1, -0.05) is 0 Å². The summed E-state index contributed by atoms with van der Waals surface area (Å²) in [5.74, 6) is 0. The maximum absolute atomic E-state index is 9.00. The van der Waals surface area contributed by atoms with Gasteiger partial charge in [0.25, 0.3) is 0 Å². The van der Waals surface area contributed by atoms with Gasteiger partial charge in [-0.2, -0.15) is 0 Å². The molecule has 1 saturated carbocycles. The van der Waals surface area contributed by atoms with Crippen LogP contribution in [0.15, 0.2) is 12.1 Å².